The summed E-state index contributed by atoms with van der Waals surface area (Å²) < 4.78 is 1.11. The van der Waals surface area contributed by atoms with Crippen molar-refractivity contribution >= 4 is 21.6 Å². The Bertz CT molecular complexity index is 535. The molecule has 0 heterocycles. The molecule has 2 aromatic rings. The molecule has 0 saturated heterocycles. The van der Waals surface area contributed by atoms with Gasteiger partial charge in [0.05, 0.1) is 0 Å². The van der Waals surface area contributed by atoms with Crippen LogP contribution >= 0.6 is 15.9 Å². The van der Waals surface area contributed by atoms with Crippen molar-refractivity contribution in [3.63, 3.8) is 0 Å². The summed E-state index contributed by atoms with van der Waals surface area (Å²) in [5.41, 5.74) is 9.69. The minimum atomic E-state index is 0.0450. The molecule has 0 aliphatic heterocycles. The minimum Gasteiger partial charge on any atom is -0.370 e. The van der Waals surface area contributed by atoms with Crippen LogP contribution in [0.2, 0.25) is 0 Å². The van der Waals surface area contributed by atoms with Crippen molar-refractivity contribution in [3.05, 3.63) is 64.1 Å². The molecule has 0 fully saturated rings. The van der Waals surface area contributed by atoms with E-state index in [9.17, 15) is 0 Å². The molecule has 0 aromatic heterocycles. The number of benzene rings is 2. The third-order valence-corrected chi connectivity index (χ3v) is 3.70. The number of hydrogen-bond acceptors (Lipinski definition) is 2. The van der Waals surface area contributed by atoms with Gasteiger partial charge in [0.2, 0.25) is 0 Å². The van der Waals surface area contributed by atoms with E-state index in [4.69, 9.17) is 5.73 Å². The molecule has 0 aliphatic carbocycles. The summed E-state index contributed by atoms with van der Waals surface area (Å²) in [4.78, 5) is 2.24. The fourth-order valence-electron chi connectivity index (χ4n) is 2.17. The molecular weight excluding hydrogens is 300 g/mol. The Morgan fingerprint density at radius 2 is 1.74 bits per heavy atom. The molecule has 1 unspecified atom stereocenters. The Hall–Kier alpha value is -1.32. The van der Waals surface area contributed by atoms with Crippen LogP contribution in [-0.2, 0) is 6.54 Å². The van der Waals surface area contributed by atoms with Crippen molar-refractivity contribution in [2.75, 3.05) is 11.9 Å². The lowest BCUT2D eigenvalue weighted by molar-refractivity contribution is 0.801. The van der Waals surface area contributed by atoms with E-state index in [1.807, 2.05) is 13.0 Å². The number of nitrogens with two attached hydrogens (primary N) is 1. The third-order valence-electron chi connectivity index (χ3n) is 3.17. The van der Waals surface area contributed by atoms with Crippen LogP contribution in [-0.4, -0.2) is 7.05 Å². The van der Waals surface area contributed by atoms with Crippen molar-refractivity contribution in [1.82, 2.24) is 0 Å². The van der Waals surface area contributed by atoms with Crippen LogP contribution in [0.4, 0.5) is 5.69 Å². The van der Waals surface area contributed by atoms with Crippen molar-refractivity contribution in [2.45, 2.75) is 19.5 Å². The maximum atomic E-state index is 6.03. The maximum Gasteiger partial charge on any atom is 0.0426 e. The minimum absolute atomic E-state index is 0.0450. The number of para-hydroxylation sites is 1. The van der Waals surface area contributed by atoms with Gasteiger partial charge in [-0.05, 0) is 36.2 Å². The van der Waals surface area contributed by atoms with E-state index in [-0.39, 0.29) is 6.04 Å². The van der Waals surface area contributed by atoms with Gasteiger partial charge in [0, 0.05) is 29.8 Å². The number of anilines is 1. The molecule has 2 N–H and O–H groups in total. The standard InChI is InChI=1S/C16H19BrN2/c1-12(18)15-5-3-4-6-16(15)19(2)11-13-7-9-14(17)10-8-13/h3-10,12H,11,18H2,1-2H3. The largest absolute Gasteiger partial charge is 0.370 e. The van der Waals surface area contributed by atoms with Gasteiger partial charge in [-0.2, -0.15) is 0 Å². The van der Waals surface area contributed by atoms with Gasteiger partial charge in [-0.3, -0.25) is 0 Å². The normalized spacial score (nSPS) is 12.2. The lowest BCUT2D eigenvalue weighted by atomic mass is 10.1. The first-order chi connectivity index (χ1) is 9.08. The molecule has 0 bridgehead atoms. The molecule has 2 nitrogen and oxygen atoms in total. The van der Waals surface area contributed by atoms with Gasteiger partial charge in [-0.15, -0.1) is 0 Å². The van der Waals surface area contributed by atoms with Crippen molar-refractivity contribution in [3.8, 4) is 0 Å². The zero-order chi connectivity index (χ0) is 13.8. The quantitative estimate of drug-likeness (QED) is 0.919. The van der Waals surface area contributed by atoms with E-state index >= 15 is 0 Å². The average molecular weight is 319 g/mol. The van der Waals surface area contributed by atoms with Gasteiger partial charge >= 0.3 is 0 Å². The molecule has 0 saturated carbocycles. The number of nitrogens with zero attached hydrogens (tertiary/aromatic N) is 1. The van der Waals surface area contributed by atoms with Crippen molar-refractivity contribution < 1.29 is 0 Å². The second-order valence-corrected chi connectivity index (χ2v) is 5.75. The van der Waals surface area contributed by atoms with Crippen LogP contribution < -0.4 is 10.6 Å². The van der Waals surface area contributed by atoms with Crippen LogP contribution in [0.3, 0.4) is 0 Å². The predicted molar refractivity (Wildman–Crippen MR) is 85.3 cm³/mol. The topological polar surface area (TPSA) is 29.3 Å². The summed E-state index contributed by atoms with van der Waals surface area (Å²) >= 11 is 3.46. The van der Waals surface area contributed by atoms with E-state index in [0.717, 1.165) is 11.0 Å². The average Bonchev–Trinajstić information content (AvgIpc) is 2.41. The first kappa shape index (κ1) is 14.1. The fraction of sp³-hybridized carbons (Fsp3) is 0.250. The maximum absolute atomic E-state index is 6.03. The van der Waals surface area contributed by atoms with Crippen molar-refractivity contribution in [2.24, 2.45) is 5.73 Å². The summed E-state index contributed by atoms with van der Waals surface area (Å²) in [7, 11) is 2.10. The van der Waals surface area contributed by atoms with Crippen LogP contribution in [0.25, 0.3) is 0 Å². The van der Waals surface area contributed by atoms with Crippen LogP contribution in [0.15, 0.2) is 53.0 Å². The summed E-state index contributed by atoms with van der Waals surface area (Å²) in [6.07, 6.45) is 0. The summed E-state index contributed by atoms with van der Waals surface area (Å²) in [5.74, 6) is 0. The van der Waals surface area contributed by atoms with Gasteiger partial charge in [0.25, 0.3) is 0 Å². The Labute approximate surface area is 123 Å². The Kier molecular flexibility index (Phi) is 4.61. The molecule has 2 aromatic carbocycles. The second kappa shape index (κ2) is 6.22. The molecular formula is C16H19BrN2. The summed E-state index contributed by atoms with van der Waals surface area (Å²) in [6.45, 7) is 2.89. The Morgan fingerprint density at radius 3 is 2.37 bits per heavy atom. The Morgan fingerprint density at radius 1 is 1.11 bits per heavy atom. The van der Waals surface area contributed by atoms with Crippen LogP contribution in [0.5, 0.6) is 0 Å². The molecule has 100 valence electrons. The SMILES string of the molecule is CC(N)c1ccccc1N(C)Cc1ccc(Br)cc1. The van der Waals surface area contributed by atoms with Crippen LogP contribution in [0.1, 0.15) is 24.1 Å². The molecule has 0 radical (unpaired) electrons. The van der Waals surface area contributed by atoms with Gasteiger partial charge in [0.15, 0.2) is 0 Å². The highest BCUT2D eigenvalue weighted by Crippen LogP contribution is 2.25. The number of hydrogen-bond donors (Lipinski definition) is 1. The highest BCUT2D eigenvalue weighted by molar-refractivity contribution is 9.10. The second-order valence-electron chi connectivity index (χ2n) is 4.83. The lowest BCUT2D eigenvalue weighted by Crippen LogP contribution is -2.20. The molecule has 1 atom stereocenters. The molecule has 0 aliphatic rings. The van der Waals surface area contributed by atoms with Gasteiger partial charge in [-0.25, -0.2) is 0 Å². The molecule has 2 rings (SSSR count). The highest BCUT2D eigenvalue weighted by atomic mass is 79.9. The lowest BCUT2D eigenvalue weighted by Gasteiger charge is -2.24. The highest BCUT2D eigenvalue weighted by Gasteiger charge is 2.10. The monoisotopic (exact) mass is 318 g/mol. The fourth-order valence-corrected chi connectivity index (χ4v) is 2.43. The third kappa shape index (κ3) is 3.58. The zero-order valence-electron chi connectivity index (χ0n) is 11.3. The van der Waals surface area contributed by atoms with Gasteiger partial charge in [-0.1, -0.05) is 46.3 Å². The number of rotatable bonds is 4. The Balaban J connectivity index is 2.20. The van der Waals surface area contributed by atoms with E-state index in [2.05, 4.69) is 70.3 Å². The first-order valence-corrected chi connectivity index (χ1v) is 7.17. The smallest absolute Gasteiger partial charge is 0.0426 e. The zero-order valence-corrected chi connectivity index (χ0v) is 12.9. The van der Waals surface area contributed by atoms with E-state index < -0.39 is 0 Å². The summed E-state index contributed by atoms with van der Waals surface area (Å²) in [5, 5.41) is 0. The number of halogens is 1. The molecule has 19 heavy (non-hydrogen) atoms. The molecule has 3 heteroatoms. The molecule has 0 amide bonds. The van der Waals surface area contributed by atoms with E-state index in [0.29, 0.717) is 0 Å². The van der Waals surface area contributed by atoms with Gasteiger partial charge in [0.1, 0.15) is 0 Å². The van der Waals surface area contributed by atoms with Crippen molar-refractivity contribution in [1.29, 1.82) is 0 Å². The summed E-state index contributed by atoms with van der Waals surface area (Å²) in [6, 6.07) is 16.8. The van der Waals surface area contributed by atoms with E-state index in [1.165, 1.54) is 16.8 Å². The van der Waals surface area contributed by atoms with Crippen LogP contribution in [0, 0.1) is 0 Å². The molecule has 0 spiro atoms. The van der Waals surface area contributed by atoms with Gasteiger partial charge < -0.3 is 10.6 Å². The first-order valence-electron chi connectivity index (χ1n) is 6.38. The predicted octanol–water partition coefficient (Wildman–Crippen LogP) is 4.11. The van der Waals surface area contributed by atoms with E-state index in [1.54, 1.807) is 0 Å².